The van der Waals surface area contributed by atoms with Gasteiger partial charge in [0.1, 0.15) is 11.6 Å². The van der Waals surface area contributed by atoms with Crippen LogP contribution in [0.15, 0.2) is 61.2 Å². The van der Waals surface area contributed by atoms with Gasteiger partial charge in [0, 0.05) is 31.2 Å². The van der Waals surface area contributed by atoms with E-state index in [0.29, 0.717) is 39.8 Å². The van der Waals surface area contributed by atoms with Crippen LogP contribution in [0.2, 0.25) is 0 Å². The molecule has 40 heavy (non-hydrogen) atoms. The first-order valence-corrected chi connectivity index (χ1v) is 12.1. The molecular weight excluding hydrogens is 556 g/mol. The zero-order valence-electron chi connectivity index (χ0n) is 19.9. The summed E-state index contributed by atoms with van der Waals surface area (Å²) in [6.07, 6.45) is 0.586. The molecule has 0 aliphatic heterocycles. The van der Waals surface area contributed by atoms with Crippen molar-refractivity contribution in [2.75, 3.05) is 10.6 Å². The van der Waals surface area contributed by atoms with Gasteiger partial charge >= 0.3 is 18.3 Å². The average molecular weight is 573 g/mol. The van der Waals surface area contributed by atoms with Crippen LogP contribution < -0.4 is 20.7 Å². The number of aromatic nitrogens is 5. The lowest BCUT2D eigenvalue weighted by Crippen LogP contribution is -2.26. The van der Waals surface area contributed by atoms with Crippen LogP contribution in [0.3, 0.4) is 0 Å². The second-order valence-electron chi connectivity index (χ2n) is 8.04. The van der Waals surface area contributed by atoms with Gasteiger partial charge in [0.15, 0.2) is 10.8 Å². The molecule has 0 atom stereocenters. The van der Waals surface area contributed by atoms with Gasteiger partial charge in [-0.1, -0.05) is 17.4 Å². The molecule has 5 aromatic rings. The molecule has 3 amide bonds. The molecule has 0 aliphatic rings. The Morgan fingerprint density at radius 3 is 2.70 bits per heavy atom. The largest absolute Gasteiger partial charge is 0.416 e. The van der Waals surface area contributed by atoms with Crippen LogP contribution in [0.5, 0.6) is 5.75 Å². The first-order chi connectivity index (χ1) is 19.2. The number of thiazole rings is 1. The number of urea groups is 1. The molecule has 0 radical (unpaired) electrons. The van der Waals surface area contributed by atoms with E-state index in [4.69, 9.17) is 4.74 Å². The van der Waals surface area contributed by atoms with Crippen LogP contribution in [0.1, 0.15) is 11.1 Å². The number of pyridine rings is 2. The maximum Gasteiger partial charge on any atom is 0.416 e. The van der Waals surface area contributed by atoms with Gasteiger partial charge in [-0.15, -0.1) is 0 Å². The van der Waals surface area contributed by atoms with Gasteiger partial charge in [-0.25, -0.2) is 23.9 Å². The van der Waals surface area contributed by atoms with Crippen molar-refractivity contribution in [3.05, 3.63) is 78.1 Å². The molecule has 5 rings (SSSR count). The van der Waals surface area contributed by atoms with E-state index in [1.807, 2.05) is 5.32 Å². The highest BCUT2D eigenvalue weighted by Gasteiger charge is 2.31. The summed E-state index contributed by atoms with van der Waals surface area (Å²) in [5.74, 6) is -0.893. The van der Waals surface area contributed by atoms with Crippen molar-refractivity contribution in [2.24, 2.45) is 0 Å². The van der Waals surface area contributed by atoms with Crippen LogP contribution in [0.4, 0.5) is 38.0 Å². The van der Waals surface area contributed by atoms with Gasteiger partial charge < -0.3 is 15.4 Å². The lowest BCUT2D eigenvalue weighted by Gasteiger charge is -2.11. The molecule has 0 saturated carbocycles. The number of hydrogen-bond donors (Lipinski definition) is 4. The quantitative estimate of drug-likeness (QED) is 0.195. The summed E-state index contributed by atoms with van der Waals surface area (Å²) in [7, 11) is 0. The molecular formula is C24H16F4N8O3S. The summed E-state index contributed by atoms with van der Waals surface area (Å²) < 4.78 is 58.2. The predicted molar refractivity (Wildman–Crippen MR) is 136 cm³/mol. The predicted octanol–water partition coefficient (Wildman–Crippen LogP) is 5.57. The Labute approximate surface area is 225 Å². The van der Waals surface area contributed by atoms with E-state index >= 15 is 0 Å². The normalized spacial score (nSPS) is 11.3. The average Bonchev–Trinajstić information content (AvgIpc) is 3.58. The highest BCUT2D eigenvalue weighted by molar-refractivity contribution is 7.19. The summed E-state index contributed by atoms with van der Waals surface area (Å²) in [5.41, 5.74) is -0.369. The number of nitrogens with one attached hydrogen (secondary N) is 4. The van der Waals surface area contributed by atoms with Gasteiger partial charge in [-0.3, -0.25) is 15.4 Å². The second-order valence-corrected chi connectivity index (χ2v) is 9.07. The van der Waals surface area contributed by atoms with E-state index in [-0.39, 0.29) is 17.4 Å². The molecule has 0 fully saturated rings. The number of benzene rings is 1. The van der Waals surface area contributed by atoms with Gasteiger partial charge in [-0.2, -0.15) is 18.3 Å². The van der Waals surface area contributed by atoms with Crippen LogP contribution in [-0.4, -0.2) is 37.3 Å². The second kappa shape index (κ2) is 10.9. The molecule has 0 unspecified atom stereocenters. The van der Waals surface area contributed by atoms with Gasteiger partial charge in [-0.05, 0) is 29.8 Å². The number of H-pyrrole nitrogens is 1. The first kappa shape index (κ1) is 26.5. The topological polar surface area (TPSA) is 147 Å². The first-order valence-electron chi connectivity index (χ1n) is 11.3. The fraction of sp³-hybridized carbons (Fsp3) is 0.0833. The number of anilines is 2. The summed E-state index contributed by atoms with van der Waals surface area (Å²) >= 11 is 0.966. The Morgan fingerprint density at radius 2 is 1.93 bits per heavy atom. The van der Waals surface area contributed by atoms with Gasteiger partial charge in [0.25, 0.3) is 0 Å². The summed E-state index contributed by atoms with van der Waals surface area (Å²) in [4.78, 5) is 37.6. The Morgan fingerprint density at radius 1 is 1.07 bits per heavy atom. The third-order valence-electron chi connectivity index (χ3n) is 5.27. The number of nitrogens with zero attached hydrogens (tertiary/aromatic N) is 4. The lowest BCUT2D eigenvalue weighted by molar-refractivity contribution is -0.137. The molecule has 0 spiro atoms. The summed E-state index contributed by atoms with van der Waals surface area (Å²) in [6, 6.07) is 5.66. The molecule has 0 saturated heterocycles. The molecule has 11 nitrogen and oxygen atoms in total. The highest BCUT2D eigenvalue weighted by atomic mass is 32.1. The standard InChI is InChI=1S/C24H16F4N8O3S/c25-15-4-3-13(24(26,27)28)6-16(15)34-21(37)35-22-30-11-19(40-22)17-7-18(14-10-32-36-20(14)33-17)39-23(38)31-9-12-2-1-5-29-8-12/h1-8,10-11H,9H2,(H,31,38)(H,32,33,36)(H2,30,34,35,37). The highest BCUT2D eigenvalue weighted by Crippen LogP contribution is 2.34. The Kier molecular flexibility index (Phi) is 7.24. The molecule has 204 valence electrons. The van der Waals surface area contributed by atoms with E-state index in [1.165, 1.54) is 18.5 Å². The zero-order valence-corrected chi connectivity index (χ0v) is 20.7. The third kappa shape index (κ3) is 6.12. The number of hydrogen-bond acceptors (Lipinski definition) is 8. The van der Waals surface area contributed by atoms with E-state index in [2.05, 4.69) is 35.8 Å². The monoisotopic (exact) mass is 572 g/mol. The molecule has 4 aromatic heterocycles. The molecule has 4 N–H and O–H groups in total. The third-order valence-corrected chi connectivity index (χ3v) is 6.20. The zero-order chi connectivity index (χ0) is 28.3. The number of fused-ring (bicyclic) bond motifs is 1. The number of aromatic amines is 1. The maximum atomic E-state index is 14.0. The van der Waals surface area contributed by atoms with Crippen molar-refractivity contribution < 1.29 is 31.9 Å². The van der Waals surface area contributed by atoms with Crippen LogP contribution in [0, 0.1) is 5.82 Å². The lowest BCUT2D eigenvalue weighted by atomic mass is 10.2. The number of halogens is 4. The molecule has 0 bridgehead atoms. The van der Waals surface area contributed by atoms with Crippen LogP contribution >= 0.6 is 11.3 Å². The molecule has 16 heteroatoms. The van der Waals surface area contributed by atoms with E-state index in [0.717, 1.165) is 16.9 Å². The maximum absolute atomic E-state index is 14.0. The number of alkyl halides is 3. The number of carbonyl (C=O) groups excluding carboxylic acids is 2. The Balaban J connectivity index is 1.29. The SMILES string of the molecule is O=C(Nc1ncc(-c2cc(OC(=O)NCc3cccnc3)c3cn[nH]c3n2)s1)Nc1cc(C(F)(F)F)ccc1F. The van der Waals surface area contributed by atoms with Crippen molar-refractivity contribution in [3.8, 4) is 16.3 Å². The Hall–Kier alpha value is -5.12. The number of ether oxygens (including phenoxy) is 1. The van der Waals surface area contributed by atoms with E-state index < -0.39 is 35.4 Å². The van der Waals surface area contributed by atoms with Gasteiger partial charge in [0.05, 0.1) is 33.4 Å². The van der Waals surface area contributed by atoms with Crippen molar-refractivity contribution in [1.29, 1.82) is 0 Å². The van der Waals surface area contributed by atoms with Crippen LogP contribution in [0.25, 0.3) is 21.6 Å². The van der Waals surface area contributed by atoms with E-state index in [1.54, 1.807) is 24.5 Å². The van der Waals surface area contributed by atoms with Crippen molar-refractivity contribution >= 4 is 45.3 Å². The minimum atomic E-state index is -4.71. The smallest absolute Gasteiger partial charge is 0.409 e. The number of amides is 3. The summed E-state index contributed by atoms with van der Waals surface area (Å²) in [5, 5.41) is 14.1. The number of rotatable bonds is 6. The van der Waals surface area contributed by atoms with E-state index in [9.17, 15) is 27.2 Å². The molecule has 4 heterocycles. The minimum absolute atomic E-state index is 0.0445. The van der Waals surface area contributed by atoms with Crippen molar-refractivity contribution in [2.45, 2.75) is 12.7 Å². The summed E-state index contributed by atoms with van der Waals surface area (Å²) in [6.45, 7) is 0.190. The Bertz CT molecular complexity index is 1690. The van der Waals surface area contributed by atoms with Crippen molar-refractivity contribution in [1.82, 2.24) is 30.5 Å². The fourth-order valence-electron chi connectivity index (χ4n) is 3.42. The fourth-order valence-corrected chi connectivity index (χ4v) is 4.19. The minimum Gasteiger partial charge on any atom is -0.409 e. The number of carbonyl (C=O) groups is 2. The van der Waals surface area contributed by atoms with Gasteiger partial charge in [0.2, 0.25) is 0 Å². The molecule has 0 aliphatic carbocycles. The van der Waals surface area contributed by atoms with Crippen molar-refractivity contribution in [3.63, 3.8) is 0 Å². The molecule has 1 aromatic carbocycles. The van der Waals surface area contributed by atoms with Crippen LogP contribution in [-0.2, 0) is 12.7 Å².